The standard InChI is InChI=1S/C7H6BrF3N2/c8-5-3-4(1-2-13-5)6(12)7(9,10)11/h1-3,6H,12H2/t6-/m0/s1. The van der Waals surface area contributed by atoms with Crippen molar-refractivity contribution in [2.75, 3.05) is 0 Å². The van der Waals surface area contributed by atoms with E-state index in [2.05, 4.69) is 20.9 Å². The molecule has 0 spiro atoms. The number of nitrogens with two attached hydrogens (primary N) is 1. The number of hydrogen-bond acceptors (Lipinski definition) is 2. The van der Waals surface area contributed by atoms with Crippen molar-refractivity contribution in [1.29, 1.82) is 0 Å². The van der Waals surface area contributed by atoms with E-state index in [4.69, 9.17) is 5.73 Å². The summed E-state index contributed by atoms with van der Waals surface area (Å²) < 4.78 is 36.7. The van der Waals surface area contributed by atoms with E-state index in [0.29, 0.717) is 4.60 Å². The second-order valence-corrected chi connectivity index (χ2v) is 3.24. The summed E-state index contributed by atoms with van der Waals surface area (Å²) in [4.78, 5) is 3.70. The van der Waals surface area contributed by atoms with Crippen LogP contribution in [0.4, 0.5) is 13.2 Å². The van der Waals surface area contributed by atoms with Crippen LogP contribution in [0.2, 0.25) is 0 Å². The van der Waals surface area contributed by atoms with Crippen LogP contribution in [0.25, 0.3) is 0 Å². The van der Waals surface area contributed by atoms with Gasteiger partial charge < -0.3 is 5.73 Å². The van der Waals surface area contributed by atoms with Crippen molar-refractivity contribution in [2.45, 2.75) is 12.2 Å². The minimum Gasteiger partial charge on any atom is -0.316 e. The summed E-state index contributed by atoms with van der Waals surface area (Å²) in [6, 6.07) is 0.535. The Bertz CT molecular complexity index is 300. The van der Waals surface area contributed by atoms with Crippen LogP contribution in [-0.4, -0.2) is 11.2 Å². The van der Waals surface area contributed by atoms with Gasteiger partial charge in [0.05, 0.1) is 0 Å². The van der Waals surface area contributed by atoms with Crippen LogP contribution in [-0.2, 0) is 0 Å². The summed E-state index contributed by atoms with van der Waals surface area (Å²) in [5.41, 5.74) is 4.96. The first-order valence-corrected chi connectivity index (χ1v) is 4.14. The maximum absolute atomic E-state index is 12.1. The SMILES string of the molecule is N[C@@H](c1ccnc(Br)c1)C(F)(F)F. The van der Waals surface area contributed by atoms with E-state index in [1.165, 1.54) is 18.3 Å². The van der Waals surface area contributed by atoms with Gasteiger partial charge in [-0.1, -0.05) is 0 Å². The lowest BCUT2D eigenvalue weighted by Crippen LogP contribution is -2.28. The fourth-order valence-corrected chi connectivity index (χ4v) is 1.18. The van der Waals surface area contributed by atoms with Crippen LogP contribution in [0.1, 0.15) is 11.6 Å². The van der Waals surface area contributed by atoms with E-state index in [1.54, 1.807) is 0 Å². The summed E-state index contributed by atoms with van der Waals surface area (Å²) in [5.74, 6) is 0. The zero-order chi connectivity index (χ0) is 10.1. The molecule has 0 aromatic carbocycles. The highest BCUT2D eigenvalue weighted by atomic mass is 79.9. The number of pyridine rings is 1. The number of nitrogens with zero attached hydrogens (tertiary/aromatic N) is 1. The number of rotatable bonds is 1. The normalized spacial score (nSPS) is 14.2. The predicted molar refractivity (Wildman–Crippen MR) is 44.9 cm³/mol. The number of alkyl halides is 3. The lowest BCUT2D eigenvalue weighted by molar-refractivity contribution is -0.149. The van der Waals surface area contributed by atoms with Crippen molar-refractivity contribution in [3.8, 4) is 0 Å². The molecule has 6 heteroatoms. The first-order chi connectivity index (χ1) is 5.91. The van der Waals surface area contributed by atoms with Crippen LogP contribution >= 0.6 is 15.9 Å². The van der Waals surface area contributed by atoms with E-state index >= 15 is 0 Å². The molecule has 0 amide bonds. The Labute approximate surface area is 81.1 Å². The molecule has 1 aromatic heterocycles. The predicted octanol–water partition coefficient (Wildman–Crippen LogP) is 2.41. The van der Waals surface area contributed by atoms with Gasteiger partial charge >= 0.3 is 6.18 Å². The van der Waals surface area contributed by atoms with Crippen molar-refractivity contribution in [3.05, 3.63) is 28.5 Å². The average Bonchev–Trinajstić information content (AvgIpc) is 2.01. The molecule has 1 atom stereocenters. The fraction of sp³-hybridized carbons (Fsp3) is 0.286. The molecule has 0 aliphatic rings. The summed E-state index contributed by atoms with van der Waals surface area (Å²) in [6.45, 7) is 0. The third-order valence-electron chi connectivity index (χ3n) is 1.46. The molecule has 0 fully saturated rings. The highest BCUT2D eigenvalue weighted by Gasteiger charge is 2.37. The minimum atomic E-state index is -4.42. The van der Waals surface area contributed by atoms with Crippen LogP contribution in [0.5, 0.6) is 0 Å². The zero-order valence-electron chi connectivity index (χ0n) is 6.35. The van der Waals surface area contributed by atoms with Crippen LogP contribution < -0.4 is 5.73 Å². The van der Waals surface area contributed by atoms with Crippen molar-refractivity contribution >= 4 is 15.9 Å². The van der Waals surface area contributed by atoms with Gasteiger partial charge in [-0.25, -0.2) is 4.98 Å². The fourth-order valence-electron chi connectivity index (χ4n) is 0.800. The maximum Gasteiger partial charge on any atom is 0.407 e. The highest BCUT2D eigenvalue weighted by molar-refractivity contribution is 9.10. The summed E-state index contributed by atoms with van der Waals surface area (Å²) >= 11 is 2.96. The average molecular weight is 255 g/mol. The molecule has 0 aliphatic carbocycles. The molecule has 1 aromatic rings. The van der Waals surface area contributed by atoms with Crippen LogP contribution in [0, 0.1) is 0 Å². The topological polar surface area (TPSA) is 38.9 Å². The third kappa shape index (κ3) is 2.67. The van der Waals surface area contributed by atoms with Gasteiger partial charge in [0.1, 0.15) is 10.6 Å². The van der Waals surface area contributed by atoms with E-state index in [9.17, 15) is 13.2 Å². The lowest BCUT2D eigenvalue weighted by atomic mass is 10.1. The Morgan fingerprint density at radius 2 is 2.08 bits per heavy atom. The lowest BCUT2D eigenvalue weighted by Gasteiger charge is -2.15. The summed E-state index contributed by atoms with van der Waals surface area (Å²) in [7, 11) is 0. The van der Waals surface area contributed by atoms with Gasteiger partial charge in [0, 0.05) is 6.20 Å². The summed E-state index contributed by atoms with van der Waals surface area (Å²) in [6.07, 6.45) is -3.15. The molecule has 0 saturated heterocycles. The number of aromatic nitrogens is 1. The molecule has 0 aliphatic heterocycles. The van der Waals surface area contributed by atoms with Gasteiger partial charge in [-0.2, -0.15) is 13.2 Å². The van der Waals surface area contributed by atoms with Gasteiger partial charge in [-0.15, -0.1) is 0 Å². The van der Waals surface area contributed by atoms with E-state index < -0.39 is 12.2 Å². The molecular weight excluding hydrogens is 249 g/mol. The van der Waals surface area contributed by atoms with Gasteiger partial charge in [-0.05, 0) is 33.6 Å². The van der Waals surface area contributed by atoms with Crippen molar-refractivity contribution in [1.82, 2.24) is 4.98 Å². The second-order valence-electron chi connectivity index (χ2n) is 2.43. The Morgan fingerprint density at radius 3 is 2.54 bits per heavy atom. The molecule has 13 heavy (non-hydrogen) atoms. The second kappa shape index (κ2) is 3.63. The quantitative estimate of drug-likeness (QED) is 0.782. The molecule has 0 bridgehead atoms. The Kier molecular flexibility index (Phi) is 2.92. The molecular formula is C7H6BrF3N2. The van der Waals surface area contributed by atoms with Crippen molar-refractivity contribution in [2.24, 2.45) is 5.73 Å². The molecule has 2 N–H and O–H groups in total. The molecule has 0 radical (unpaired) electrons. The van der Waals surface area contributed by atoms with Crippen molar-refractivity contribution in [3.63, 3.8) is 0 Å². The Morgan fingerprint density at radius 1 is 1.46 bits per heavy atom. The van der Waals surface area contributed by atoms with Gasteiger partial charge in [-0.3, -0.25) is 0 Å². The Balaban J connectivity index is 2.96. The first-order valence-electron chi connectivity index (χ1n) is 3.35. The molecule has 1 heterocycles. The maximum atomic E-state index is 12.1. The third-order valence-corrected chi connectivity index (χ3v) is 1.90. The number of halogens is 4. The van der Waals surface area contributed by atoms with E-state index in [1.807, 2.05) is 0 Å². The molecule has 72 valence electrons. The number of hydrogen-bond donors (Lipinski definition) is 1. The van der Waals surface area contributed by atoms with Gasteiger partial charge in [0.15, 0.2) is 0 Å². The monoisotopic (exact) mass is 254 g/mol. The molecule has 1 rings (SSSR count). The van der Waals surface area contributed by atoms with Gasteiger partial charge in [0.25, 0.3) is 0 Å². The zero-order valence-corrected chi connectivity index (χ0v) is 7.93. The molecule has 0 unspecified atom stereocenters. The highest BCUT2D eigenvalue weighted by Crippen LogP contribution is 2.30. The van der Waals surface area contributed by atoms with E-state index in [-0.39, 0.29) is 5.56 Å². The first kappa shape index (κ1) is 10.5. The Hall–Kier alpha value is -0.620. The minimum absolute atomic E-state index is 0.00521. The smallest absolute Gasteiger partial charge is 0.316 e. The van der Waals surface area contributed by atoms with Gasteiger partial charge in [0.2, 0.25) is 0 Å². The molecule has 0 saturated carbocycles. The van der Waals surface area contributed by atoms with Crippen LogP contribution in [0.15, 0.2) is 22.9 Å². The van der Waals surface area contributed by atoms with E-state index in [0.717, 1.165) is 0 Å². The molecule has 2 nitrogen and oxygen atoms in total. The van der Waals surface area contributed by atoms with Crippen molar-refractivity contribution < 1.29 is 13.2 Å². The van der Waals surface area contributed by atoms with Crippen LogP contribution in [0.3, 0.4) is 0 Å². The largest absolute Gasteiger partial charge is 0.407 e. The summed E-state index contributed by atoms with van der Waals surface area (Å²) in [5, 5.41) is 0.